The number of aromatic nitrogens is 1. The third-order valence-corrected chi connectivity index (χ3v) is 8.82. The van der Waals surface area contributed by atoms with E-state index in [1.165, 1.54) is 24.5 Å². The summed E-state index contributed by atoms with van der Waals surface area (Å²) in [5, 5.41) is 27.2. The van der Waals surface area contributed by atoms with Gasteiger partial charge < -0.3 is 31.9 Å². The first-order valence-corrected chi connectivity index (χ1v) is 18.1. The van der Waals surface area contributed by atoms with Gasteiger partial charge in [-0.15, -0.1) is 0 Å². The number of rotatable bonds is 21. The topological polar surface area (TPSA) is 182 Å². The number of hydrogen-bond acceptors (Lipinski definition) is 7. The van der Waals surface area contributed by atoms with Gasteiger partial charge in [0.15, 0.2) is 0 Å². The van der Waals surface area contributed by atoms with Gasteiger partial charge in [-0.3, -0.25) is 29.2 Å². The summed E-state index contributed by atoms with van der Waals surface area (Å²) in [6.07, 6.45) is 4.69. The second kappa shape index (κ2) is 21.6. The number of aryl methyl sites for hydroxylation is 1. The molecule has 0 saturated carbocycles. The summed E-state index contributed by atoms with van der Waals surface area (Å²) >= 11 is 0. The van der Waals surface area contributed by atoms with Crippen LogP contribution in [0.1, 0.15) is 90.6 Å². The highest BCUT2D eigenvalue weighted by atomic mass is 16.5. The summed E-state index contributed by atoms with van der Waals surface area (Å²) in [5.41, 5.74) is 1.28. The normalized spacial score (nSPS) is 14.8. The summed E-state index contributed by atoms with van der Waals surface area (Å²) in [6, 6.07) is 9.03. The van der Waals surface area contributed by atoms with Gasteiger partial charge in [-0.1, -0.05) is 78.3 Å². The Morgan fingerprint density at radius 2 is 1.39 bits per heavy atom. The van der Waals surface area contributed by atoms with Crippen LogP contribution in [0.15, 0.2) is 54.9 Å². The lowest BCUT2D eigenvalue weighted by molar-refractivity contribution is -0.904. The molecule has 282 valence electrons. The van der Waals surface area contributed by atoms with Crippen LogP contribution in [-0.4, -0.2) is 78.0 Å². The van der Waals surface area contributed by atoms with E-state index in [4.69, 9.17) is 0 Å². The first kappa shape index (κ1) is 42.6. The Kier molecular flexibility index (Phi) is 18.1. The van der Waals surface area contributed by atoms with Gasteiger partial charge in [0.05, 0.1) is 11.6 Å². The summed E-state index contributed by atoms with van der Waals surface area (Å²) in [4.78, 5) is 66.5. The predicted molar refractivity (Wildman–Crippen MR) is 196 cm³/mol. The van der Waals surface area contributed by atoms with Crippen molar-refractivity contribution in [3.8, 4) is 0 Å². The van der Waals surface area contributed by atoms with Crippen molar-refractivity contribution in [1.82, 2.24) is 31.9 Å². The van der Waals surface area contributed by atoms with Crippen molar-refractivity contribution in [3.05, 3.63) is 66.0 Å². The zero-order valence-electron chi connectivity index (χ0n) is 31.5. The average Bonchev–Trinajstić information content (AvgIpc) is 3.09. The van der Waals surface area contributed by atoms with Crippen molar-refractivity contribution in [2.45, 2.75) is 111 Å². The second-order valence-electron chi connectivity index (χ2n) is 14.0. The van der Waals surface area contributed by atoms with Gasteiger partial charge in [-0.2, -0.15) is 0 Å². The van der Waals surface area contributed by atoms with Crippen molar-refractivity contribution >= 4 is 29.5 Å². The number of benzene rings is 1. The zero-order chi connectivity index (χ0) is 38.1. The first-order valence-electron chi connectivity index (χ1n) is 18.1. The number of nitrogens with one attached hydrogen (secondary N) is 6. The molecule has 0 fully saturated rings. The molecule has 7 N–H and O–H groups in total. The molecule has 6 atom stereocenters. The van der Waals surface area contributed by atoms with E-state index >= 15 is 0 Å². The van der Waals surface area contributed by atoms with Crippen molar-refractivity contribution in [2.24, 2.45) is 17.8 Å². The van der Waals surface area contributed by atoms with Crippen LogP contribution in [0.2, 0.25) is 0 Å². The summed E-state index contributed by atoms with van der Waals surface area (Å²) in [7, 11) is 0. The van der Waals surface area contributed by atoms with Crippen LogP contribution in [0.3, 0.4) is 0 Å². The first-order chi connectivity index (χ1) is 24.2. The molecule has 0 saturated heterocycles. The van der Waals surface area contributed by atoms with E-state index in [1.807, 2.05) is 78.8 Å². The number of carbonyl (C=O) groups is 5. The molecule has 1 aromatic heterocycles. The molecule has 1 heterocycles. The molecule has 2 aromatic rings. The Hall–Kier alpha value is -4.52. The molecule has 0 aliphatic heterocycles. The molecule has 0 aliphatic carbocycles. The minimum absolute atomic E-state index is 0.108. The van der Waals surface area contributed by atoms with E-state index in [1.54, 1.807) is 6.92 Å². The van der Waals surface area contributed by atoms with Gasteiger partial charge in [-0.05, 0) is 56.4 Å². The maximum absolute atomic E-state index is 14.0. The number of nitrogens with zero attached hydrogens (tertiary/aromatic N) is 1. The van der Waals surface area contributed by atoms with Crippen LogP contribution in [0, 0.1) is 17.8 Å². The third kappa shape index (κ3) is 14.7. The Morgan fingerprint density at radius 1 is 0.745 bits per heavy atom. The fraction of sp³-hybridized carbons (Fsp3) is 0.579. The molecule has 5 amide bonds. The molecule has 1 aromatic carbocycles. The van der Waals surface area contributed by atoms with Gasteiger partial charge in [-0.25, -0.2) is 0 Å². The minimum atomic E-state index is -0.919. The molecule has 13 heteroatoms. The molecule has 13 nitrogen and oxygen atoms in total. The third-order valence-electron chi connectivity index (χ3n) is 8.82. The van der Waals surface area contributed by atoms with Gasteiger partial charge in [0.2, 0.25) is 36.0 Å². The Morgan fingerprint density at radius 3 is 1.96 bits per heavy atom. The highest BCUT2D eigenvalue weighted by Gasteiger charge is 2.32. The predicted octanol–water partition coefficient (Wildman–Crippen LogP) is 2.26. The molecule has 0 spiro atoms. The maximum Gasteiger partial charge on any atom is 0.252 e. The largest absolute Gasteiger partial charge is 0.355 e. The van der Waals surface area contributed by atoms with Crippen molar-refractivity contribution in [3.63, 3.8) is 0 Å². The summed E-state index contributed by atoms with van der Waals surface area (Å²) in [6.45, 7) is 15.9. The summed E-state index contributed by atoms with van der Waals surface area (Å²) < 4.78 is 0.819. The number of likely N-dealkylation sites (N-methyl/N-ethyl adjacent to an activating group) is 1. The molecule has 0 aliphatic rings. The van der Waals surface area contributed by atoms with Gasteiger partial charge in [0.25, 0.3) is 5.91 Å². The van der Waals surface area contributed by atoms with Crippen LogP contribution >= 0.6 is 0 Å². The second-order valence-corrected chi connectivity index (χ2v) is 14.0. The van der Waals surface area contributed by atoms with Crippen LogP contribution in [0.4, 0.5) is 0 Å². The number of carbonyl (C=O) groups excluding carboxylic acids is 5. The number of amides is 5. The Balaban J connectivity index is 2.23. The Bertz CT molecular complexity index is 1400. The van der Waals surface area contributed by atoms with Gasteiger partial charge in [0, 0.05) is 36.0 Å². The van der Waals surface area contributed by atoms with E-state index in [9.17, 15) is 29.2 Å². The molecular formula is C38H60N7O6+. The molecule has 3 unspecified atom stereocenters. The fourth-order valence-electron chi connectivity index (χ4n) is 5.56. The van der Waals surface area contributed by atoms with Gasteiger partial charge >= 0.3 is 0 Å². The zero-order valence-corrected chi connectivity index (χ0v) is 31.5. The monoisotopic (exact) mass is 710 g/mol. The molecule has 51 heavy (non-hydrogen) atoms. The smallest absolute Gasteiger partial charge is 0.252 e. The van der Waals surface area contributed by atoms with E-state index < -0.39 is 36.0 Å². The van der Waals surface area contributed by atoms with Crippen LogP contribution in [-0.2, 0) is 25.6 Å². The fourth-order valence-corrected chi connectivity index (χ4v) is 5.56. The average molecular weight is 711 g/mol. The maximum atomic E-state index is 14.0. The van der Waals surface area contributed by atoms with Gasteiger partial charge in [0.1, 0.15) is 18.1 Å². The molecule has 0 bridgehead atoms. The van der Waals surface area contributed by atoms with E-state index in [0.29, 0.717) is 32.2 Å². The minimum Gasteiger partial charge on any atom is -0.355 e. The lowest BCUT2D eigenvalue weighted by Gasteiger charge is -2.29. The lowest BCUT2D eigenvalue weighted by Crippen LogP contribution is -2.58. The SMILES string of the molecule is CCNC(=O)C(NC(=O)[C@H](C)NCC(CC(C)C)NC(=O)[C@H](CCc1ccccc1)NC(=O)C(NC(=O)c1cc[n+](O)cc1)[C@@H](C)CC)C(C)C. The quantitative estimate of drug-likeness (QED) is 0.0767. The number of hydrogen-bond donors (Lipinski definition) is 7. The van der Waals surface area contributed by atoms with Crippen LogP contribution < -0.4 is 36.6 Å². The Labute approximate surface area is 303 Å². The highest BCUT2D eigenvalue weighted by Crippen LogP contribution is 2.13. The van der Waals surface area contributed by atoms with E-state index in [-0.39, 0.29) is 53.6 Å². The molecule has 0 radical (unpaired) electrons. The standard InChI is InChI=1S/C38H59N7O6/c1-9-26(7)33(44-35(47)29-18-20-45(51)21-19-29)38(50)42-31(17-16-28-14-12-11-13-15-28)36(48)41-30(22-24(3)4)23-40-27(8)34(46)43-32(25(5)6)37(49)39-10-2/h11-15,18-21,24-27,30-33,40H,9-10,16-17,22-23H2,1-8H3,(H5-,39,41,42,43,44,46,47,48,49,50,51)/p+1/t26-,27-,30?,31-,32?,33?/m0/s1. The van der Waals surface area contributed by atoms with Crippen molar-refractivity contribution < 1.29 is 33.9 Å². The number of pyridine rings is 1. The highest BCUT2D eigenvalue weighted by molar-refractivity contribution is 5.98. The molecular weight excluding hydrogens is 650 g/mol. The van der Waals surface area contributed by atoms with Crippen LogP contribution in [0.25, 0.3) is 0 Å². The van der Waals surface area contributed by atoms with E-state index in [0.717, 1.165) is 10.3 Å². The van der Waals surface area contributed by atoms with E-state index in [2.05, 4.69) is 31.9 Å². The molecule has 2 rings (SSSR count). The van der Waals surface area contributed by atoms with Crippen molar-refractivity contribution in [1.29, 1.82) is 0 Å². The van der Waals surface area contributed by atoms with Crippen LogP contribution in [0.5, 0.6) is 0 Å². The lowest BCUT2D eigenvalue weighted by atomic mass is 9.96. The van der Waals surface area contributed by atoms with Crippen molar-refractivity contribution in [2.75, 3.05) is 13.1 Å². The summed E-state index contributed by atoms with van der Waals surface area (Å²) in [5.74, 6) is -2.03.